The molecular weight excluding hydrogens is 465 g/mol. The summed E-state index contributed by atoms with van der Waals surface area (Å²) in [4.78, 5) is 22.5. The van der Waals surface area contributed by atoms with Crippen molar-refractivity contribution in [1.29, 1.82) is 0 Å². The second-order valence-corrected chi connectivity index (χ2v) is 8.86. The van der Waals surface area contributed by atoms with E-state index in [2.05, 4.69) is 20.0 Å². The summed E-state index contributed by atoms with van der Waals surface area (Å²) in [5, 5.41) is 12.8. The normalized spacial score (nSPS) is 15.6. The van der Waals surface area contributed by atoms with Gasteiger partial charge in [-0.25, -0.2) is 14.4 Å². The number of likely N-dealkylation sites (N-methyl/N-ethyl adjacent to an activating group) is 1. The van der Waals surface area contributed by atoms with E-state index in [0.717, 1.165) is 54.0 Å². The number of ether oxygens (including phenoxy) is 1. The molecule has 0 amide bonds. The van der Waals surface area contributed by atoms with E-state index in [-0.39, 0.29) is 18.4 Å². The van der Waals surface area contributed by atoms with Crippen molar-refractivity contribution >= 4 is 17.5 Å². The second kappa shape index (κ2) is 11.4. The molecular formula is C26H30FN5O4. The Kier molecular flexibility index (Phi) is 8.07. The highest BCUT2D eigenvalue weighted by Gasteiger charge is 2.16. The zero-order valence-corrected chi connectivity index (χ0v) is 20.6. The van der Waals surface area contributed by atoms with Gasteiger partial charge in [0.2, 0.25) is 0 Å². The first-order chi connectivity index (χ1) is 17.4. The minimum atomic E-state index is -0.401. The Hall–Kier alpha value is -3.63. The molecule has 9 nitrogen and oxygen atoms in total. The van der Waals surface area contributed by atoms with Crippen LogP contribution < -0.4 is 4.74 Å². The Labute approximate surface area is 208 Å². The first-order valence-electron chi connectivity index (χ1n) is 11.8. The first-order valence-corrected chi connectivity index (χ1v) is 11.8. The molecule has 0 aliphatic carbocycles. The third-order valence-corrected chi connectivity index (χ3v) is 6.20. The average molecular weight is 496 g/mol. The van der Waals surface area contributed by atoms with E-state index < -0.39 is 5.82 Å². The Balaban J connectivity index is 0.000000375. The van der Waals surface area contributed by atoms with Crippen LogP contribution in [0.1, 0.15) is 23.5 Å². The summed E-state index contributed by atoms with van der Waals surface area (Å²) in [6, 6.07) is 6.78. The van der Waals surface area contributed by atoms with Crippen LogP contribution in [0.5, 0.6) is 5.75 Å². The fraction of sp³-hybridized carbons (Fsp3) is 0.385. The number of hydrogen-bond donors (Lipinski definition) is 1. The predicted octanol–water partition coefficient (Wildman–Crippen LogP) is 3.21. The number of carbonyl (C=O) groups excluding carboxylic acids is 1. The number of rotatable bonds is 7. The van der Waals surface area contributed by atoms with Crippen LogP contribution >= 0.6 is 0 Å². The number of carbonyl (C=O) groups is 1. The van der Waals surface area contributed by atoms with E-state index in [9.17, 15) is 9.18 Å². The van der Waals surface area contributed by atoms with E-state index in [0.29, 0.717) is 24.0 Å². The average Bonchev–Trinajstić information content (AvgIpc) is 3.56. The molecule has 4 heterocycles. The molecule has 4 aromatic rings. The minimum Gasteiger partial charge on any atom is -0.494 e. The maximum Gasteiger partial charge on any atom is 0.165 e. The molecule has 0 saturated carbocycles. The van der Waals surface area contributed by atoms with Gasteiger partial charge >= 0.3 is 0 Å². The zero-order chi connectivity index (χ0) is 25.7. The molecule has 36 heavy (non-hydrogen) atoms. The lowest BCUT2D eigenvalue weighted by Crippen LogP contribution is -2.15. The lowest BCUT2D eigenvalue weighted by molar-refractivity contribution is -0.108. The van der Waals surface area contributed by atoms with Gasteiger partial charge in [-0.15, -0.1) is 0 Å². The van der Waals surface area contributed by atoms with Crippen LogP contribution in [0.4, 0.5) is 4.39 Å². The number of imidazole rings is 1. The van der Waals surface area contributed by atoms with Crippen molar-refractivity contribution in [3.05, 3.63) is 59.6 Å². The lowest BCUT2D eigenvalue weighted by Gasteiger charge is -2.07. The second-order valence-electron chi connectivity index (χ2n) is 8.86. The molecule has 0 bridgehead atoms. The van der Waals surface area contributed by atoms with Gasteiger partial charge in [0.1, 0.15) is 23.9 Å². The highest BCUT2D eigenvalue weighted by molar-refractivity contribution is 5.79. The monoisotopic (exact) mass is 495 g/mol. The van der Waals surface area contributed by atoms with Crippen molar-refractivity contribution in [3.63, 3.8) is 0 Å². The summed E-state index contributed by atoms with van der Waals surface area (Å²) in [7, 11) is 3.46. The number of pyridine rings is 1. The van der Waals surface area contributed by atoms with Crippen molar-refractivity contribution in [1.82, 2.24) is 24.6 Å². The zero-order valence-electron chi connectivity index (χ0n) is 20.6. The Morgan fingerprint density at radius 2 is 2.14 bits per heavy atom. The summed E-state index contributed by atoms with van der Waals surface area (Å²) >= 11 is 0. The highest BCUT2D eigenvalue weighted by atomic mass is 19.1. The maximum atomic E-state index is 13.9. The number of likely N-dealkylation sites (tertiary alicyclic amines) is 1. The van der Waals surface area contributed by atoms with Gasteiger partial charge in [0.05, 0.1) is 25.5 Å². The molecule has 0 spiro atoms. The van der Waals surface area contributed by atoms with Crippen LogP contribution in [0, 0.1) is 12.7 Å². The molecule has 190 valence electrons. The molecule has 1 saturated heterocycles. The fourth-order valence-electron chi connectivity index (χ4n) is 4.27. The number of nitrogens with zero attached hydrogens (tertiary/aromatic N) is 5. The van der Waals surface area contributed by atoms with Gasteiger partial charge in [-0.05, 0) is 50.6 Å². The highest BCUT2D eigenvalue weighted by Crippen LogP contribution is 2.26. The van der Waals surface area contributed by atoms with Gasteiger partial charge in [-0.2, -0.15) is 0 Å². The van der Waals surface area contributed by atoms with Crippen LogP contribution in [0.15, 0.2) is 41.2 Å². The largest absolute Gasteiger partial charge is 0.494 e. The van der Waals surface area contributed by atoms with Crippen molar-refractivity contribution in [2.75, 3.05) is 27.2 Å². The van der Waals surface area contributed by atoms with Crippen LogP contribution in [-0.4, -0.2) is 69.3 Å². The topological polar surface area (TPSA) is 107 Å². The van der Waals surface area contributed by atoms with Crippen molar-refractivity contribution < 1.29 is 23.6 Å². The van der Waals surface area contributed by atoms with E-state index in [1.165, 1.54) is 13.2 Å². The predicted molar refractivity (Wildman–Crippen MR) is 132 cm³/mol. The molecule has 1 aliphatic heterocycles. The van der Waals surface area contributed by atoms with Gasteiger partial charge in [-0.3, -0.25) is 0 Å². The number of fused-ring (bicyclic) bond motifs is 1. The van der Waals surface area contributed by atoms with Crippen LogP contribution in [0.25, 0.3) is 22.3 Å². The van der Waals surface area contributed by atoms with Gasteiger partial charge < -0.3 is 28.6 Å². The molecule has 1 atom stereocenters. The molecule has 1 fully saturated rings. The molecule has 10 heteroatoms. The molecule has 1 unspecified atom stereocenters. The number of aromatic nitrogens is 4. The number of aliphatic hydroxyl groups is 1. The van der Waals surface area contributed by atoms with Gasteiger partial charge in [0.15, 0.2) is 17.2 Å². The van der Waals surface area contributed by atoms with Crippen molar-refractivity contribution in [2.24, 2.45) is 0 Å². The number of aldehydes is 1. The Morgan fingerprint density at radius 3 is 2.72 bits per heavy atom. The number of benzene rings is 1. The quantitative estimate of drug-likeness (QED) is 0.390. The fourth-order valence-corrected chi connectivity index (χ4v) is 4.27. The van der Waals surface area contributed by atoms with E-state index in [4.69, 9.17) is 14.4 Å². The molecule has 5 rings (SSSR count). The van der Waals surface area contributed by atoms with E-state index in [1.54, 1.807) is 23.1 Å². The van der Waals surface area contributed by atoms with Crippen LogP contribution in [0.2, 0.25) is 0 Å². The van der Waals surface area contributed by atoms with Crippen molar-refractivity contribution in [2.45, 2.75) is 38.8 Å². The first kappa shape index (κ1) is 25.5. The summed E-state index contributed by atoms with van der Waals surface area (Å²) in [6.07, 6.45) is 6.12. The SMILES string of the molecule is CN1CCC(O)C1.COc1ccc(CCc2nc3cc(-c4conc4C)cnc3n2CC=O)cc1F. The minimum absolute atomic E-state index is 0.0509. The van der Waals surface area contributed by atoms with E-state index >= 15 is 0 Å². The summed E-state index contributed by atoms with van der Waals surface area (Å²) in [5.74, 6) is 0.527. The standard InChI is InChI=1S/C21H19FN4O3.C5H11NO/c1-13-16(12-29-25-13)15-10-18-21(23-11-15)26(7-8-27)20(24-18)6-4-14-3-5-19(28-2)17(22)9-14;1-6-3-2-5(7)4-6/h3,5,8-12H,4,6-7H2,1-2H3;5,7H,2-4H2,1H3. The lowest BCUT2D eigenvalue weighted by atomic mass is 10.1. The third-order valence-electron chi connectivity index (χ3n) is 6.20. The molecule has 0 radical (unpaired) electrons. The number of aliphatic hydroxyl groups excluding tert-OH is 1. The van der Waals surface area contributed by atoms with Gasteiger partial charge in [-0.1, -0.05) is 11.2 Å². The maximum absolute atomic E-state index is 13.9. The Bertz CT molecular complexity index is 1330. The molecule has 3 aromatic heterocycles. The number of aryl methyl sites for hydroxylation is 3. The van der Waals surface area contributed by atoms with Crippen LogP contribution in [0.3, 0.4) is 0 Å². The summed E-state index contributed by atoms with van der Waals surface area (Å²) in [5.41, 5.74) is 4.59. The summed E-state index contributed by atoms with van der Waals surface area (Å²) < 4.78 is 25.7. The van der Waals surface area contributed by atoms with Crippen LogP contribution in [-0.2, 0) is 24.2 Å². The smallest absolute Gasteiger partial charge is 0.165 e. The summed E-state index contributed by atoms with van der Waals surface area (Å²) in [6.45, 7) is 3.93. The van der Waals surface area contributed by atoms with E-state index in [1.807, 2.05) is 26.1 Å². The number of halogens is 1. The third kappa shape index (κ3) is 5.77. The Morgan fingerprint density at radius 1 is 1.31 bits per heavy atom. The van der Waals surface area contributed by atoms with Gasteiger partial charge in [0.25, 0.3) is 0 Å². The van der Waals surface area contributed by atoms with Crippen molar-refractivity contribution in [3.8, 4) is 16.9 Å². The number of β-amino-alcohol motifs (C(OH)–C–C–N with tert-alkyl or cyclic N) is 1. The molecule has 1 aliphatic rings. The van der Waals surface area contributed by atoms with Gasteiger partial charge in [0, 0.05) is 36.8 Å². The molecule has 1 N–H and O–H groups in total. The molecule has 1 aromatic carbocycles. The number of hydrogen-bond acceptors (Lipinski definition) is 8. The number of methoxy groups -OCH3 is 1.